The van der Waals surface area contributed by atoms with Gasteiger partial charge in [-0.2, -0.15) is 0 Å². The summed E-state index contributed by atoms with van der Waals surface area (Å²) < 4.78 is 10.8. The Kier molecular flexibility index (Phi) is 5.08. The molecular weight excluding hydrogens is 350 g/mol. The minimum absolute atomic E-state index is 0.250. The van der Waals surface area contributed by atoms with E-state index in [0.29, 0.717) is 13.2 Å². The van der Waals surface area contributed by atoms with E-state index < -0.39 is 0 Å². The number of rotatable bonds is 5. The number of aromatic nitrogens is 1. The molecule has 26 heavy (non-hydrogen) atoms. The highest BCUT2D eigenvalue weighted by Crippen LogP contribution is 2.32. The van der Waals surface area contributed by atoms with Gasteiger partial charge in [-0.25, -0.2) is 4.98 Å². The van der Waals surface area contributed by atoms with Crippen LogP contribution in [0, 0.1) is 6.92 Å². The first-order chi connectivity index (χ1) is 12.7. The Hall–Kier alpha value is -2.12. The van der Waals surface area contributed by atoms with Crippen LogP contribution in [0.15, 0.2) is 23.7 Å². The van der Waals surface area contributed by atoms with Gasteiger partial charge in [-0.05, 0) is 31.0 Å². The first-order valence-corrected chi connectivity index (χ1v) is 9.84. The van der Waals surface area contributed by atoms with Crippen molar-refractivity contribution in [3.8, 4) is 11.5 Å². The van der Waals surface area contributed by atoms with Crippen LogP contribution >= 0.6 is 11.3 Å². The molecule has 0 atom stereocenters. The van der Waals surface area contributed by atoms with Crippen molar-refractivity contribution in [2.45, 2.75) is 26.3 Å². The lowest BCUT2D eigenvalue weighted by molar-refractivity contribution is -0.132. The molecular formula is C19H23N3O3S. The third-order valence-corrected chi connectivity index (χ3v) is 5.97. The molecule has 2 aliphatic heterocycles. The van der Waals surface area contributed by atoms with Gasteiger partial charge in [0.05, 0.1) is 11.2 Å². The zero-order valence-electron chi connectivity index (χ0n) is 14.9. The Morgan fingerprint density at radius 2 is 2.00 bits per heavy atom. The Morgan fingerprint density at radius 1 is 1.19 bits per heavy atom. The highest BCUT2D eigenvalue weighted by Gasteiger charge is 2.22. The SMILES string of the molecule is Cc1ncsc1CCC(=O)N1CCN(Cc2ccc3c(c2)OCO3)CC1. The lowest BCUT2D eigenvalue weighted by Crippen LogP contribution is -2.48. The number of ether oxygens (including phenoxy) is 2. The van der Waals surface area contributed by atoms with Crippen molar-refractivity contribution in [1.82, 2.24) is 14.8 Å². The molecule has 6 nitrogen and oxygen atoms in total. The van der Waals surface area contributed by atoms with Gasteiger partial charge in [-0.3, -0.25) is 9.69 Å². The van der Waals surface area contributed by atoms with E-state index in [2.05, 4.69) is 22.0 Å². The second kappa shape index (κ2) is 7.63. The summed E-state index contributed by atoms with van der Waals surface area (Å²) in [5.41, 5.74) is 4.12. The molecule has 1 amide bonds. The standard InChI is InChI=1S/C19H23N3O3S/c1-14-18(26-12-20-14)4-5-19(23)22-8-6-21(7-9-22)11-15-2-3-16-17(10-15)25-13-24-16/h2-3,10,12H,4-9,11,13H2,1H3. The van der Waals surface area contributed by atoms with Crippen LogP contribution in [0.25, 0.3) is 0 Å². The zero-order valence-corrected chi connectivity index (χ0v) is 15.8. The maximum Gasteiger partial charge on any atom is 0.231 e. The Bertz CT molecular complexity index is 784. The van der Waals surface area contributed by atoms with E-state index in [4.69, 9.17) is 9.47 Å². The van der Waals surface area contributed by atoms with Gasteiger partial charge in [0.15, 0.2) is 11.5 Å². The monoisotopic (exact) mass is 373 g/mol. The van der Waals surface area contributed by atoms with Crippen molar-refractivity contribution in [1.29, 1.82) is 0 Å². The summed E-state index contributed by atoms with van der Waals surface area (Å²) in [6.45, 7) is 6.58. The van der Waals surface area contributed by atoms with E-state index in [9.17, 15) is 4.79 Å². The van der Waals surface area contributed by atoms with Crippen LogP contribution in [0.2, 0.25) is 0 Å². The first-order valence-electron chi connectivity index (χ1n) is 8.96. The number of aryl methyl sites for hydroxylation is 2. The van der Waals surface area contributed by atoms with Crippen LogP contribution in [0.4, 0.5) is 0 Å². The second-order valence-electron chi connectivity index (χ2n) is 6.71. The van der Waals surface area contributed by atoms with E-state index >= 15 is 0 Å². The number of piperazine rings is 1. The van der Waals surface area contributed by atoms with Crippen molar-refractivity contribution < 1.29 is 14.3 Å². The fraction of sp³-hybridized carbons (Fsp3) is 0.474. The molecule has 0 radical (unpaired) electrons. The Balaban J connectivity index is 1.24. The maximum absolute atomic E-state index is 12.5. The number of benzene rings is 1. The van der Waals surface area contributed by atoms with Crippen molar-refractivity contribution in [3.63, 3.8) is 0 Å². The molecule has 2 aliphatic rings. The van der Waals surface area contributed by atoms with Crippen LogP contribution in [0.3, 0.4) is 0 Å². The normalized spacial score (nSPS) is 16.9. The van der Waals surface area contributed by atoms with Gasteiger partial charge in [-0.15, -0.1) is 11.3 Å². The minimum atomic E-state index is 0.250. The van der Waals surface area contributed by atoms with Gasteiger partial charge < -0.3 is 14.4 Å². The average molecular weight is 373 g/mol. The summed E-state index contributed by atoms with van der Waals surface area (Å²) >= 11 is 1.64. The third-order valence-electron chi connectivity index (χ3n) is 4.98. The molecule has 0 aliphatic carbocycles. The molecule has 1 fully saturated rings. The van der Waals surface area contributed by atoms with Gasteiger partial charge in [-0.1, -0.05) is 6.07 Å². The molecule has 0 spiro atoms. The molecule has 138 valence electrons. The average Bonchev–Trinajstić information content (AvgIpc) is 3.28. The number of fused-ring (bicyclic) bond motifs is 1. The fourth-order valence-corrected chi connectivity index (χ4v) is 4.18. The number of thiazole rings is 1. The van der Waals surface area contributed by atoms with Crippen LogP contribution in [-0.2, 0) is 17.8 Å². The first kappa shape index (κ1) is 17.3. The quantitative estimate of drug-likeness (QED) is 0.806. The Labute approximate surface area is 157 Å². The molecule has 1 aromatic heterocycles. The lowest BCUT2D eigenvalue weighted by Gasteiger charge is -2.34. The summed E-state index contributed by atoms with van der Waals surface area (Å²) in [6.07, 6.45) is 1.37. The molecule has 0 N–H and O–H groups in total. The van der Waals surface area contributed by atoms with E-state index in [-0.39, 0.29) is 5.91 Å². The lowest BCUT2D eigenvalue weighted by atomic mass is 10.1. The smallest absolute Gasteiger partial charge is 0.231 e. The fourth-order valence-electron chi connectivity index (χ4n) is 3.40. The van der Waals surface area contributed by atoms with E-state index in [1.165, 1.54) is 10.4 Å². The molecule has 1 aromatic carbocycles. The summed E-state index contributed by atoms with van der Waals surface area (Å²) in [5, 5.41) is 0. The van der Waals surface area contributed by atoms with Gasteiger partial charge in [0.25, 0.3) is 0 Å². The van der Waals surface area contributed by atoms with E-state index in [0.717, 1.165) is 56.3 Å². The molecule has 0 saturated carbocycles. The number of carbonyl (C=O) groups excluding carboxylic acids is 1. The van der Waals surface area contributed by atoms with Crippen molar-refractivity contribution in [2.24, 2.45) is 0 Å². The van der Waals surface area contributed by atoms with E-state index in [1.807, 2.05) is 23.4 Å². The molecule has 3 heterocycles. The molecule has 2 aromatic rings. The maximum atomic E-state index is 12.5. The third kappa shape index (κ3) is 3.83. The van der Waals surface area contributed by atoms with Crippen LogP contribution in [0.1, 0.15) is 22.6 Å². The molecule has 0 unspecified atom stereocenters. The molecule has 7 heteroatoms. The predicted molar refractivity (Wildman–Crippen MR) is 99.6 cm³/mol. The van der Waals surface area contributed by atoms with E-state index in [1.54, 1.807) is 11.3 Å². The molecule has 1 saturated heterocycles. The topological polar surface area (TPSA) is 54.9 Å². The van der Waals surface area contributed by atoms with Crippen LogP contribution in [-0.4, -0.2) is 53.7 Å². The number of carbonyl (C=O) groups is 1. The second-order valence-corrected chi connectivity index (χ2v) is 7.64. The van der Waals surface area contributed by atoms with Gasteiger partial charge in [0.1, 0.15) is 0 Å². The predicted octanol–water partition coefficient (Wildman–Crippen LogP) is 2.46. The summed E-state index contributed by atoms with van der Waals surface area (Å²) in [5.74, 6) is 1.90. The largest absolute Gasteiger partial charge is 0.454 e. The number of amides is 1. The van der Waals surface area contributed by atoms with Crippen molar-refractivity contribution in [2.75, 3.05) is 33.0 Å². The summed E-state index contributed by atoms with van der Waals surface area (Å²) in [6, 6.07) is 6.11. The highest BCUT2D eigenvalue weighted by molar-refractivity contribution is 7.09. The van der Waals surface area contributed by atoms with Crippen molar-refractivity contribution >= 4 is 17.2 Å². The zero-order chi connectivity index (χ0) is 17.9. The summed E-state index contributed by atoms with van der Waals surface area (Å²) in [7, 11) is 0. The number of nitrogens with zero attached hydrogens (tertiary/aromatic N) is 3. The Morgan fingerprint density at radius 3 is 2.77 bits per heavy atom. The van der Waals surface area contributed by atoms with Crippen molar-refractivity contribution in [3.05, 3.63) is 39.8 Å². The number of hydrogen-bond acceptors (Lipinski definition) is 6. The van der Waals surface area contributed by atoms with Crippen LogP contribution < -0.4 is 9.47 Å². The van der Waals surface area contributed by atoms with Crippen LogP contribution in [0.5, 0.6) is 11.5 Å². The minimum Gasteiger partial charge on any atom is -0.454 e. The summed E-state index contributed by atoms with van der Waals surface area (Å²) in [4.78, 5) is 22.3. The van der Waals surface area contributed by atoms with Gasteiger partial charge in [0, 0.05) is 44.0 Å². The molecule has 0 bridgehead atoms. The number of hydrogen-bond donors (Lipinski definition) is 0. The highest BCUT2D eigenvalue weighted by atomic mass is 32.1. The van der Waals surface area contributed by atoms with Gasteiger partial charge in [0.2, 0.25) is 12.7 Å². The molecule has 4 rings (SSSR count). The van der Waals surface area contributed by atoms with Gasteiger partial charge >= 0.3 is 0 Å².